The fourth-order valence-electron chi connectivity index (χ4n) is 2.55. The Kier molecular flexibility index (Phi) is 3.17. The summed E-state index contributed by atoms with van der Waals surface area (Å²) >= 11 is 1.94. The Labute approximate surface area is 96.9 Å². The summed E-state index contributed by atoms with van der Waals surface area (Å²) < 4.78 is 0. The van der Waals surface area contributed by atoms with E-state index in [1.165, 1.54) is 25.7 Å². The van der Waals surface area contributed by atoms with Gasteiger partial charge >= 0.3 is 0 Å². The molecule has 1 aliphatic rings. The molecule has 0 bridgehead atoms. The van der Waals surface area contributed by atoms with Crippen LogP contribution in [0.25, 0.3) is 0 Å². The van der Waals surface area contributed by atoms with E-state index in [1.807, 2.05) is 11.3 Å². The molecule has 1 saturated carbocycles. The first-order valence-electron chi connectivity index (χ1n) is 5.98. The van der Waals surface area contributed by atoms with Crippen LogP contribution in [0, 0.1) is 0 Å². The topological polar surface area (TPSA) is 12.0 Å². The standard InChI is InChI=1S/C13H21NS/c1-4-5-12-11(6-9-15-12)13(7-8-13)10(2)14-3/h6,9-10,14H,4-5,7-8H2,1-3H3/t10-/m0/s1. The number of aryl methyl sites for hydroxylation is 1. The first-order chi connectivity index (χ1) is 7.24. The highest BCUT2D eigenvalue weighted by Crippen LogP contribution is 2.53. The van der Waals surface area contributed by atoms with Gasteiger partial charge in [0, 0.05) is 16.3 Å². The van der Waals surface area contributed by atoms with Crippen molar-refractivity contribution in [1.82, 2.24) is 5.32 Å². The Morgan fingerprint density at radius 3 is 2.80 bits per heavy atom. The molecule has 1 N–H and O–H groups in total. The molecule has 0 aromatic carbocycles. The molecule has 2 rings (SSSR count). The van der Waals surface area contributed by atoms with E-state index in [1.54, 1.807) is 10.4 Å². The molecule has 1 heterocycles. The SMILES string of the molecule is CCCc1sccc1C1([C@H](C)NC)CC1. The highest BCUT2D eigenvalue weighted by atomic mass is 32.1. The van der Waals surface area contributed by atoms with E-state index in [-0.39, 0.29) is 0 Å². The van der Waals surface area contributed by atoms with Gasteiger partial charge in [-0.3, -0.25) is 0 Å². The van der Waals surface area contributed by atoms with Crippen LogP contribution in [-0.4, -0.2) is 13.1 Å². The zero-order valence-electron chi connectivity index (χ0n) is 9.97. The summed E-state index contributed by atoms with van der Waals surface area (Å²) in [7, 11) is 2.08. The van der Waals surface area contributed by atoms with E-state index >= 15 is 0 Å². The highest BCUT2D eigenvalue weighted by molar-refractivity contribution is 7.10. The van der Waals surface area contributed by atoms with Crippen LogP contribution < -0.4 is 5.32 Å². The van der Waals surface area contributed by atoms with Crippen LogP contribution in [0.3, 0.4) is 0 Å². The van der Waals surface area contributed by atoms with E-state index in [0.29, 0.717) is 11.5 Å². The Bertz CT molecular complexity index is 325. The third kappa shape index (κ3) is 1.85. The molecule has 1 atom stereocenters. The van der Waals surface area contributed by atoms with E-state index in [9.17, 15) is 0 Å². The van der Waals surface area contributed by atoms with Gasteiger partial charge in [-0.2, -0.15) is 0 Å². The summed E-state index contributed by atoms with van der Waals surface area (Å²) in [6.07, 6.45) is 5.24. The maximum atomic E-state index is 3.43. The average Bonchev–Trinajstić information content (AvgIpc) is 2.93. The Hall–Kier alpha value is -0.340. The zero-order chi connectivity index (χ0) is 10.9. The second kappa shape index (κ2) is 4.26. The molecule has 0 spiro atoms. The quantitative estimate of drug-likeness (QED) is 0.807. The van der Waals surface area contributed by atoms with Crippen molar-refractivity contribution in [3.8, 4) is 0 Å². The van der Waals surface area contributed by atoms with Gasteiger partial charge in [-0.15, -0.1) is 11.3 Å². The molecule has 1 nitrogen and oxygen atoms in total. The Morgan fingerprint density at radius 1 is 1.53 bits per heavy atom. The maximum Gasteiger partial charge on any atom is 0.0133 e. The maximum absolute atomic E-state index is 3.43. The molecule has 84 valence electrons. The molecule has 15 heavy (non-hydrogen) atoms. The largest absolute Gasteiger partial charge is 0.316 e. The lowest BCUT2D eigenvalue weighted by atomic mass is 9.88. The normalized spacial score (nSPS) is 20.2. The van der Waals surface area contributed by atoms with E-state index in [4.69, 9.17) is 0 Å². The van der Waals surface area contributed by atoms with Crippen LogP contribution in [0.1, 0.15) is 43.6 Å². The van der Waals surface area contributed by atoms with Crippen molar-refractivity contribution in [1.29, 1.82) is 0 Å². The van der Waals surface area contributed by atoms with Crippen molar-refractivity contribution in [3.63, 3.8) is 0 Å². The lowest BCUT2D eigenvalue weighted by Gasteiger charge is -2.23. The average molecular weight is 223 g/mol. The lowest BCUT2D eigenvalue weighted by molar-refractivity contribution is 0.478. The number of rotatable bonds is 5. The number of thiophene rings is 1. The molecule has 1 aromatic heterocycles. The first kappa shape index (κ1) is 11.2. The van der Waals surface area contributed by atoms with Crippen LogP contribution in [0.4, 0.5) is 0 Å². The van der Waals surface area contributed by atoms with Gasteiger partial charge in [-0.25, -0.2) is 0 Å². The van der Waals surface area contributed by atoms with Crippen molar-refractivity contribution in [2.75, 3.05) is 7.05 Å². The summed E-state index contributed by atoms with van der Waals surface area (Å²) in [6, 6.07) is 2.97. The fraction of sp³-hybridized carbons (Fsp3) is 0.692. The number of hydrogen-bond acceptors (Lipinski definition) is 2. The van der Waals surface area contributed by atoms with Crippen molar-refractivity contribution in [2.45, 2.75) is 51.0 Å². The molecular weight excluding hydrogens is 202 g/mol. The smallest absolute Gasteiger partial charge is 0.0133 e. The van der Waals surface area contributed by atoms with Crippen LogP contribution in [0.2, 0.25) is 0 Å². The molecular formula is C13H21NS. The van der Waals surface area contributed by atoms with Gasteiger partial charge < -0.3 is 5.32 Å². The van der Waals surface area contributed by atoms with Crippen LogP contribution >= 0.6 is 11.3 Å². The van der Waals surface area contributed by atoms with E-state index in [2.05, 4.69) is 37.7 Å². The van der Waals surface area contributed by atoms with Crippen LogP contribution in [0.15, 0.2) is 11.4 Å². The molecule has 2 heteroatoms. The van der Waals surface area contributed by atoms with Gasteiger partial charge in [0.15, 0.2) is 0 Å². The molecule has 0 unspecified atom stereocenters. The molecule has 1 aliphatic carbocycles. The number of hydrogen-bond donors (Lipinski definition) is 1. The van der Waals surface area contributed by atoms with Crippen molar-refractivity contribution >= 4 is 11.3 Å². The first-order valence-corrected chi connectivity index (χ1v) is 6.86. The minimum atomic E-state index is 0.471. The third-order valence-corrected chi connectivity index (χ3v) is 4.79. The van der Waals surface area contributed by atoms with Crippen molar-refractivity contribution < 1.29 is 0 Å². The van der Waals surface area contributed by atoms with E-state index in [0.717, 1.165) is 0 Å². The minimum absolute atomic E-state index is 0.471. The monoisotopic (exact) mass is 223 g/mol. The molecule has 0 aliphatic heterocycles. The predicted octanol–water partition coefficient (Wildman–Crippen LogP) is 3.34. The van der Waals surface area contributed by atoms with Gasteiger partial charge in [0.05, 0.1) is 0 Å². The summed E-state index contributed by atoms with van der Waals surface area (Å²) in [4.78, 5) is 1.62. The van der Waals surface area contributed by atoms with Gasteiger partial charge in [0.1, 0.15) is 0 Å². The molecule has 1 fully saturated rings. The third-order valence-electron chi connectivity index (χ3n) is 3.81. The lowest BCUT2D eigenvalue weighted by Crippen LogP contribution is -2.35. The predicted molar refractivity (Wildman–Crippen MR) is 67.7 cm³/mol. The summed E-state index contributed by atoms with van der Waals surface area (Å²) in [5.74, 6) is 0. The van der Waals surface area contributed by atoms with Crippen molar-refractivity contribution in [3.05, 3.63) is 21.9 Å². The molecule has 0 saturated heterocycles. The fourth-order valence-corrected chi connectivity index (χ4v) is 3.64. The molecule has 0 amide bonds. The van der Waals surface area contributed by atoms with Crippen molar-refractivity contribution in [2.24, 2.45) is 0 Å². The number of nitrogens with one attached hydrogen (secondary N) is 1. The van der Waals surface area contributed by atoms with Gasteiger partial charge in [0.2, 0.25) is 0 Å². The van der Waals surface area contributed by atoms with Gasteiger partial charge in [0.25, 0.3) is 0 Å². The van der Waals surface area contributed by atoms with Crippen LogP contribution in [-0.2, 0) is 11.8 Å². The number of likely N-dealkylation sites (N-methyl/N-ethyl adjacent to an activating group) is 1. The molecule has 0 radical (unpaired) electrons. The second-order valence-corrected chi connectivity index (χ2v) is 5.67. The van der Waals surface area contributed by atoms with Crippen LogP contribution in [0.5, 0.6) is 0 Å². The molecule has 1 aromatic rings. The zero-order valence-corrected chi connectivity index (χ0v) is 10.8. The summed E-state index contributed by atoms with van der Waals surface area (Å²) in [5.41, 5.74) is 2.11. The van der Waals surface area contributed by atoms with Gasteiger partial charge in [-0.05, 0) is 50.2 Å². The second-order valence-electron chi connectivity index (χ2n) is 4.67. The van der Waals surface area contributed by atoms with E-state index < -0.39 is 0 Å². The van der Waals surface area contributed by atoms with Gasteiger partial charge in [-0.1, -0.05) is 13.3 Å². The Morgan fingerprint density at radius 2 is 2.27 bits per heavy atom. The summed E-state index contributed by atoms with van der Waals surface area (Å²) in [6.45, 7) is 4.59. The summed E-state index contributed by atoms with van der Waals surface area (Å²) in [5, 5.41) is 5.70. The minimum Gasteiger partial charge on any atom is -0.316 e. The highest BCUT2D eigenvalue weighted by Gasteiger charge is 2.49. The Balaban J connectivity index is 2.25.